The lowest BCUT2D eigenvalue weighted by molar-refractivity contribution is -0.373. The summed E-state index contributed by atoms with van der Waals surface area (Å²) < 4.78 is 21.7. The molecule has 2 heterocycles. The minimum absolute atomic E-state index is 0.234. The maximum absolute atomic E-state index is 10.6. The van der Waals surface area contributed by atoms with Crippen LogP contribution in [0.4, 0.5) is 0 Å². The summed E-state index contributed by atoms with van der Waals surface area (Å²) >= 11 is 0. The number of hydrogen-bond acceptors (Lipinski definition) is 12. The molecule has 36 heavy (non-hydrogen) atoms. The third-order valence-corrected chi connectivity index (χ3v) is 6.79. The van der Waals surface area contributed by atoms with E-state index < -0.39 is 74.3 Å². The average molecular weight is 527 g/mol. The van der Waals surface area contributed by atoms with E-state index in [1.54, 1.807) is 0 Å². The SMILES string of the molecule is CCCCCCCCCCCCOC1OC(C(O)O)C(OC2OC(CO)C(O)C(O)C2O)C(O)C1O. The highest BCUT2D eigenvalue weighted by atomic mass is 16.7. The third-order valence-electron chi connectivity index (χ3n) is 6.79. The van der Waals surface area contributed by atoms with Gasteiger partial charge < -0.3 is 59.8 Å². The maximum atomic E-state index is 10.6. The van der Waals surface area contributed by atoms with Crippen LogP contribution in [0.2, 0.25) is 0 Å². The number of aliphatic hydroxyl groups excluding tert-OH is 7. The summed E-state index contributed by atoms with van der Waals surface area (Å²) in [6, 6.07) is 0. The fourth-order valence-corrected chi connectivity index (χ4v) is 4.52. The highest BCUT2D eigenvalue weighted by Crippen LogP contribution is 2.30. The molecule has 0 bridgehead atoms. The molecule has 0 radical (unpaired) electrons. The number of hydrogen-bond donors (Lipinski definition) is 8. The molecule has 0 spiro atoms. The van der Waals surface area contributed by atoms with Gasteiger partial charge in [-0.25, -0.2) is 0 Å². The summed E-state index contributed by atoms with van der Waals surface area (Å²) in [6.45, 7) is 1.73. The van der Waals surface area contributed by atoms with E-state index in [-0.39, 0.29) is 6.61 Å². The van der Waals surface area contributed by atoms with Gasteiger partial charge in [-0.15, -0.1) is 0 Å². The molecule has 0 aliphatic carbocycles. The first-order chi connectivity index (χ1) is 17.2. The lowest BCUT2D eigenvalue weighted by atomic mass is 9.96. The van der Waals surface area contributed by atoms with E-state index in [2.05, 4.69) is 6.92 Å². The summed E-state index contributed by atoms with van der Waals surface area (Å²) in [7, 11) is 0. The van der Waals surface area contributed by atoms with Crippen molar-refractivity contribution in [2.75, 3.05) is 13.2 Å². The first-order valence-corrected chi connectivity index (χ1v) is 13.2. The largest absolute Gasteiger partial charge is 0.394 e. The molecule has 0 aromatic heterocycles. The normalized spacial score (nSPS) is 37.5. The Bertz CT molecular complexity index is 579. The van der Waals surface area contributed by atoms with Crippen LogP contribution >= 0.6 is 0 Å². The van der Waals surface area contributed by atoms with Crippen LogP contribution in [0.5, 0.6) is 0 Å². The van der Waals surface area contributed by atoms with Gasteiger partial charge in [0.2, 0.25) is 0 Å². The van der Waals surface area contributed by atoms with Crippen LogP contribution in [0, 0.1) is 0 Å². The Kier molecular flexibility index (Phi) is 14.5. The maximum Gasteiger partial charge on any atom is 0.187 e. The predicted octanol–water partition coefficient (Wildman–Crippen LogP) is -1.13. The third kappa shape index (κ3) is 9.07. The molecule has 12 nitrogen and oxygen atoms in total. The Morgan fingerprint density at radius 1 is 0.667 bits per heavy atom. The van der Waals surface area contributed by atoms with Gasteiger partial charge in [0.25, 0.3) is 0 Å². The van der Waals surface area contributed by atoms with Crippen molar-refractivity contribution in [3.05, 3.63) is 0 Å². The van der Waals surface area contributed by atoms with Crippen molar-refractivity contribution in [2.24, 2.45) is 0 Å². The molecular formula is C24H46O12. The van der Waals surface area contributed by atoms with Gasteiger partial charge in [0.05, 0.1) is 6.61 Å². The average Bonchev–Trinajstić information content (AvgIpc) is 2.86. The van der Waals surface area contributed by atoms with Crippen molar-refractivity contribution >= 4 is 0 Å². The van der Waals surface area contributed by atoms with Crippen LogP contribution < -0.4 is 0 Å². The van der Waals surface area contributed by atoms with E-state index in [1.165, 1.54) is 38.5 Å². The molecule has 2 aliphatic rings. The van der Waals surface area contributed by atoms with E-state index in [0.29, 0.717) is 6.42 Å². The zero-order valence-electron chi connectivity index (χ0n) is 21.0. The van der Waals surface area contributed by atoms with Gasteiger partial charge in [-0.05, 0) is 6.42 Å². The lowest BCUT2D eigenvalue weighted by Crippen LogP contribution is -2.65. The first kappa shape index (κ1) is 31.7. The molecule has 0 saturated carbocycles. The molecule has 2 saturated heterocycles. The van der Waals surface area contributed by atoms with Crippen molar-refractivity contribution in [3.8, 4) is 0 Å². The summed E-state index contributed by atoms with van der Waals surface area (Å²) in [5.41, 5.74) is 0. The first-order valence-electron chi connectivity index (χ1n) is 13.2. The number of unbranched alkanes of at least 4 members (excludes halogenated alkanes) is 9. The van der Waals surface area contributed by atoms with Crippen molar-refractivity contribution in [1.82, 2.24) is 0 Å². The number of ether oxygens (including phenoxy) is 4. The van der Waals surface area contributed by atoms with E-state index in [1.807, 2.05) is 0 Å². The Hall–Kier alpha value is -0.480. The van der Waals surface area contributed by atoms with E-state index in [4.69, 9.17) is 18.9 Å². The Morgan fingerprint density at radius 2 is 1.22 bits per heavy atom. The smallest absolute Gasteiger partial charge is 0.187 e. The van der Waals surface area contributed by atoms with Crippen molar-refractivity contribution < 1.29 is 59.8 Å². The molecule has 214 valence electrons. The van der Waals surface area contributed by atoms with Crippen LogP contribution in [-0.4, -0.2) is 122 Å². The van der Waals surface area contributed by atoms with Gasteiger partial charge in [0.15, 0.2) is 18.9 Å². The molecule has 10 unspecified atom stereocenters. The molecule has 12 heteroatoms. The van der Waals surface area contributed by atoms with Crippen molar-refractivity contribution in [2.45, 2.75) is 139 Å². The second kappa shape index (κ2) is 16.5. The lowest BCUT2D eigenvalue weighted by Gasteiger charge is -2.46. The molecule has 2 rings (SSSR count). The minimum Gasteiger partial charge on any atom is -0.394 e. The summed E-state index contributed by atoms with van der Waals surface area (Å²) in [5, 5.41) is 80.0. The molecule has 10 atom stereocenters. The Labute approximate surface area is 212 Å². The minimum atomic E-state index is -2.15. The topological polar surface area (TPSA) is 199 Å². The van der Waals surface area contributed by atoms with Gasteiger partial charge in [-0.1, -0.05) is 64.7 Å². The number of rotatable bonds is 16. The predicted molar refractivity (Wildman–Crippen MR) is 125 cm³/mol. The van der Waals surface area contributed by atoms with Crippen LogP contribution in [-0.2, 0) is 18.9 Å². The van der Waals surface area contributed by atoms with E-state index >= 15 is 0 Å². The summed E-state index contributed by atoms with van der Waals surface area (Å²) in [6.07, 6.45) is -6.73. The van der Waals surface area contributed by atoms with Crippen LogP contribution in [0.3, 0.4) is 0 Å². The van der Waals surface area contributed by atoms with Crippen molar-refractivity contribution in [1.29, 1.82) is 0 Å². The Balaban J connectivity index is 1.80. The molecule has 8 N–H and O–H groups in total. The molecule has 2 fully saturated rings. The second-order valence-corrected chi connectivity index (χ2v) is 9.71. The highest BCUT2D eigenvalue weighted by Gasteiger charge is 2.52. The fourth-order valence-electron chi connectivity index (χ4n) is 4.52. The molecule has 2 aliphatic heterocycles. The number of aliphatic hydroxyl groups is 8. The van der Waals surface area contributed by atoms with Gasteiger partial charge >= 0.3 is 0 Å². The van der Waals surface area contributed by atoms with Gasteiger partial charge in [-0.3, -0.25) is 0 Å². The summed E-state index contributed by atoms with van der Waals surface area (Å²) in [5.74, 6) is 0. The van der Waals surface area contributed by atoms with Crippen molar-refractivity contribution in [3.63, 3.8) is 0 Å². The zero-order valence-corrected chi connectivity index (χ0v) is 21.0. The monoisotopic (exact) mass is 526 g/mol. The van der Waals surface area contributed by atoms with E-state index in [0.717, 1.165) is 19.3 Å². The quantitative estimate of drug-likeness (QED) is 0.0890. The molecule has 0 aromatic rings. The standard InChI is InChI=1S/C24H46O12/c1-2-3-4-5-6-7-8-9-10-11-12-33-23-19(30)17(28)20(21(36-23)22(31)32)35-24-18(29)16(27)15(26)14(13-25)34-24/h14-32H,2-13H2,1H3. The fraction of sp³-hybridized carbons (Fsp3) is 1.00. The Morgan fingerprint density at radius 3 is 1.78 bits per heavy atom. The van der Waals surface area contributed by atoms with Gasteiger partial charge in [-0.2, -0.15) is 0 Å². The molecular weight excluding hydrogens is 480 g/mol. The second-order valence-electron chi connectivity index (χ2n) is 9.71. The van der Waals surface area contributed by atoms with Crippen LogP contribution in [0.15, 0.2) is 0 Å². The van der Waals surface area contributed by atoms with Gasteiger partial charge in [0, 0.05) is 6.61 Å². The summed E-state index contributed by atoms with van der Waals surface area (Å²) in [4.78, 5) is 0. The van der Waals surface area contributed by atoms with Gasteiger partial charge in [0.1, 0.15) is 48.8 Å². The zero-order chi connectivity index (χ0) is 26.7. The van der Waals surface area contributed by atoms with Crippen LogP contribution in [0.25, 0.3) is 0 Å². The molecule has 0 aromatic carbocycles. The van der Waals surface area contributed by atoms with E-state index in [9.17, 15) is 40.9 Å². The highest BCUT2D eigenvalue weighted by molar-refractivity contribution is 4.94. The van der Waals surface area contributed by atoms with Crippen LogP contribution in [0.1, 0.15) is 71.1 Å². The molecule has 0 amide bonds.